The first kappa shape index (κ1) is 26.5. The first-order valence-corrected chi connectivity index (χ1v) is 12.6. The first-order valence-electron chi connectivity index (χ1n) is 12.2. The number of piperidine rings is 1. The lowest BCUT2D eigenvalue weighted by Crippen LogP contribution is -2.48. The van der Waals surface area contributed by atoms with Crippen LogP contribution in [0.2, 0.25) is 5.02 Å². The Morgan fingerprint density at radius 3 is 2.51 bits per heavy atom. The average Bonchev–Trinajstić information content (AvgIpc) is 3.41. The second-order valence-corrected chi connectivity index (χ2v) is 9.63. The Balaban J connectivity index is 1.55. The number of likely N-dealkylation sites (tertiary alicyclic amines) is 1. The topological polar surface area (TPSA) is 98.0 Å². The zero-order chi connectivity index (χ0) is 26.5. The van der Waals surface area contributed by atoms with Gasteiger partial charge in [0.05, 0.1) is 14.2 Å². The molecule has 37 heavy (non-hydrogen) atoms. The van der Waals surface area contributed by atoms with E-state index in [1.165, 1.54) is 14.2 Å². The number of hydrogen-bond acceptors (Lipinski definition) is 7. The van der Waals surface area contributed by atoms with Crippen LogP contribution in [0.25, 0.3) is 11.4 Å². The van der Waals surface area contributed by atoms with Gasteiger partial charge in [-0.2, -0.15) is 4.98 Å². The number of benzene rings is 2. The van der Waals surface area contributed by atoms with Crippen LogP contribution in [-0.4, -0.2) is 65.1 Å². The Kier molecular flexibility index (Phi) is 8.33. The zero-order valence-corrected chi connectivity index (χ0v) is 22.2. The van der Waals surface area contributed by atoms with Gasteiger partial charge in [-0.1, -0.05) is 28.9 Å². The fourth-order valence-corrected chi connectivity index (χ4v) is 4.61. The van der Waals surface area contributed by atoms with E-state index in [-0.39, 0.29) is 30.4 Å². The summed E-state index contributed by atoms with van der Waals surface area (Å²) < 4.78 is 16.2. The van der Waals surface area contributed by atoms with Crippen LogP contribution in [0.4, 0.5) is 0 Å². The molecule has 1 aliphatic heterocycles. The molecule has 0 saturated carbocycles. The number of amides is 2. The predicted molar refractivity (Wildman–Crippen MR) is 139 cm³/mol. The highest BCUT2D eigenvalue weighted by Crippen LogP contribution is 2.32. The molecule has 1 atom stereocenters. The van der Waals surface area contributed by atoms with Crippen molar-refractivity contribution >= 4 is 23.4 Å². The van der Waals surface area contributed by atoms with Crippen molar-refractivity contribution in [3.05, 3.63) is 58.9 Å². The Bertz CT molecular complexity index is 1240. The van der Waals surface area contributed by atoms with Gasteiger partial charge in [-0.25, -0.2) is 0 Å². The molecule has 0 bridgehead atoms. The molecule has 0 spiro atoms. The van der Waals surface area contributed by atoms with Crippen LogP contribution in [-0.2, 0) is 4.79 Å². The van der Waals surface area contributed by atoms with E-state index in [1.54, 1.807) is 40.1 Å². The lowest BCUT2D eigenvalue weighted by molar-refractivity contribution is -0.136. The molecule has 0 aliphatic carbocycles. The smallest absolute Gasteiger partial charge is 0.254 e. The summed E-state index contributed by atoms with van der Waals surface area (Å²) in [5, 5.41) is 4.69. The standard InChI is InChI=1S/C27H31ClN4O5/c1-17(2)32(27(34)19-13-21(35-3)15-22(14-19)36-4)16-24(33)31-11-6-5-10-23(31)26-29-25(30-37-26)18-8-7-9-20(28)12-18/h7-9,12-15,17,23H,5-6,10-11,16H2,1-4H3. The molecule has 1 aliphatic rings. The molecule has 2 aromatic carbocycles. The monoisotopic (exact) mass is 526 g/mol. The summed E-state index contributed by atoms with van der Waals surface area (Å²) in [6.07, 6.45) is 2.49. The third-order valence-electron chi connectivity index (χ3n) is 6.42. The van der Waals surface area contributed by atoms with Crippen LogP contribution >= 0.6 is 11.6 Å². The highest BCUT2D eigenvalue weighted by molar-refractivity contribution is 6.30. The summed E-state index contributed by atoms with van der Waals surface area (Å²) in [5.74, 6) is 1.34. The van der Waals surface area contributed by atoms with Crippen molar-refractivity contribution in [3.8, 4) is 22.9 Å². The summed E-state index contributed by atoms with van der Waals surface area (Å²) >= 11 is 6.11. The number of ether oxygens (including phenoxy) is 2. The maximum Gasteiger partial charge on any atom is 0.254 e. The molecular formula is C27H31ClN4O5. The summed E-state index contributed by atoms with van der Waals surface area (Å²) in [7, 11) is 3.05. The van der Waals surface area contributed by atoms with Crippen LogP contribution in [0.3, 0.4) is 0 Å². The van der Waals surface area contributed by atoms with Crippen molar-refractivity contribution in [1.29, 1.82) is 0 Å². The molecule has 9 nitrogen and oxygen atoms in total. The minimum atomic E-state index is -0.359. The van der Waals surface area contributed by atoms with E-state index in [0.29, 0.717) is 46.8 Å². The SMILES string of the molecule is COc1cc(OC)cc(C(=O)N(CC(=O)N2CCCCC2c2nc(-c3cccc(Cl)c3)no2)C(C)C)c1. The molecule has 0 N–H and O–H groups in total. The van der Waals surface area contributed by atoms with E-state index >= 15 is 0 Å². The molecule has 1 saturated heterocycles. The van der Waals surface area contributed by atoms with E-state index in [2.05, 4.69) is 10.1 Å². The van der Waals surface area contributed by atoms with Crippen LogP contribution in [0.1, 0.15) is 55.4 Å². The van der Waals surface area contributed by atoms with Gasteiger partial charge in [0.1, 0.15) is 24.1 Å². The molecular weight excluding hydrogens is 496 g/mol. The third-order valence-corrected chi connectivity index (χ3v) is 6.66. The molecule has 3 aromatic rings. The summed E-state index contributed by atoms with van der Waals surface area (Å²) in [6.45, 7) is 4.23. The number of rotatable bonds is 8. The second-order valence-electron chi connectivity index (χ2n) is 9.19. The van der Waals surface area contributed by atoms with Crippen LogP contribution in [0.5, 0.6) is 11.5 Å². The minimum Gasteiger partial charge on any atom is -0.497 e. The van der Waals surface area contributed by atoms with Gasteiger partial charge in [0.15, 0.2) is 0 Å². The normalized spacial score (nSPS) is 15.5. The lowest BCUT2D eigenvalue weighted by atomic mass is 10.0. The molecule has 10 heteroatoms. The van der Waals surface area contributed by atoms with E-state index < -0.39 is 0 Å². The summed E-state index contributed by atoms with van der Waals surface area (Å²) in [6, 6.07) is 11.6. The third kappa shape index (κ3) is 6.05. The second kappa shape index (κ2) is 11.6. The Morgan fingerprint density at radius 2 is 1.86 bits per heavy atom. The van der Waals surface area contributed by atoms with Gasteiger partial charge >= 0.3 is 0 Å². The predicted octanol–water partition coefficient (Wildman–Crippen LogP) is 5.01. The highest BCUT2D eigenvalue weighted by atomic mass is 35.5. The molecule has 0 radical (unpaired) electrons. The Morgan fingerprint density at radius 1 is 1.14 bits per heavy atom. The van der Waals surface area contributed by atoms with Crippen molar-refractivity contribution in [2.45, 2.75) is 45.2 Å². The van der Waals surface area contributed by atoms with E-state index in [0.717, 1.165) is 18.4 Å². The molecule has 2 heterocycles. The van der Waals surface area contributed by atoms with Crippen molar-refractivity contribution in [3.63, 3.8) is 0 Å². The molecule has 196 valence electrons. The van der Waals surface area contributed by atoms with Crippen LogP contribution in [0, 0.1) is 0 Å². The number of methoxy groups -OCH3 is 2. The zero-order valence-electron chi connectivity index (χ0n) is 21.4. The lowest BCUT2D eigenvalue weighted by Gasteiger charge is -2.36. The minimum absolute atomic E-state index is 0.0815. The maximum absolute atomic E-state index is 13.6. The van der Waals surface area contributed by atoms with Crippen molar-refractivity contribution in [1.82, 2.24) is 19.9 Å². The fraction of sp³-hybridized carbons (Fsp3) is 0.407. The van der Waals surface area contributed by atoms with Crippen molar-refractivity contribution < 1.29 is 23.6 Å². The fourth-order valence-electron chi connectivity index (χ4n) is 4.42. The van der Waals surface area contributed by atoms with Gasteiger partial charge in [-0.15, -0.1) is 0 Å². The van der Waals surface area contributed by atoms with E-state index in [4.69, 9.17) is 25.6 Å². The van der Waals surface area contributed by atoms with E-state index in [1.807, 2.05) is 26.0 Å². The van der Waals surface area contributed by atoms with Crippen molar-refractivity contribution in [2.75, 3.05) is 27.3 Å². The Labute approximate surface area is 221 Å². The largest absolute Gasteiger partial charge is 0.497 e. The summed E-state index contributed by atoms with van der Waals surface area (Å²) in [4.78, 5) is 34.9. The molecule has 1 aromatic heterocycles. The maximum atomic E-state index is 13.6. The number of hydrogen-bond donors (Lipinski definition) is 0. The number of nitrogens with zero attached hydrogens (tertiary/aromatic N) is 4. The average molecular weight is 527 g/mol. The summed E-state index contributed by atoms with van der Waals surface area (Å²) in [5.41, 5.74) is 1.12. The number of carbonyl (C=O) groups is 2. The quantitative estimate of drug-likeness (QED) is 0.407. The Hall–Kier alpha value is -3.59. The number of carbonyl (C=O) groups excluding carboxylic acids is 2. The number of halogens is 1. The van der Waals surface area contributed by atoms with E-state index in [9.17, 15) is 9.59 Å². The van der Waals surface area contributed by atoms with Gasteiger partial charge in [0.2, 0.25) is 17.6 Å². The van der Waals surface area contributed by atoms with Crippen molar-refractivity contribution in [2.24, 2.45) is 0 Å². The van der Waals surface area contributed by atoms with Gasteiger partial charge in [-0.3, -0.25) is 9.59 Å². The van der Waals surface area contributed by atoms with Gasteiger partial charge < -0.3 is 23.8 Å². The van der Waals surface area contributed by atoms with Gasteiger partial charge in [0, 0.05) is 34.8 Å². The number of aromatic nitrogens is 2. The molecule has 4 rings (SSSR count). The molecule has 1 unspecified atom stereocenters. The van der Waals surface area contributed by atoms with Gasteiger partial charge in [-0.05, 0) is 57.4 Å². The van der Waals surface area contributed by atoms with Crippen LogP contribution in [0.15, 0.2) is 47.0 Å². The molecule has 2 amide bonds. The first-order chi connectivity index (χ1) is 17.8. The highest BCUT2D eigenvalue weighted by Gasteiger charge is 2.34. The molecule has 1 fully saturated rings. The van der Waals surface area contributed by atoms with Crippen LogP contribution < -0.4 is 9.47 Å². The van der Waals surface area contributed by atoms with Gasteiger partial charge in [0.25, 0.3) is 5.91 Å².